The number of halogens is 3. The van der Waals surface area contributed by atoms with Crippen molar-refractivity contribution in [2.75, 3.05) is 12.4 Å². The van der Waals surface area contributed by atoms with Crippen molar-refractivity contribution >= 4 is 17.6 Å². The van der Waals surface area contributed by atoms with E-state index in [2.05, 4.69) is 20.1 Å². The summed E-state index contributed by atoms with van der Waals surface area (Å²) >= 11 is 0. The van der Waals surface area contributed by atoms with Crippen molar-refractivity contribution in [2.24, 2.45) is 0 Å². The van der Waals surface area contributed by atoms with Crippen LogP contribution in [-0.2, 0) is 10.9 Å². The Morgan fingerprint density at radius 1 is 1.23 bits per heavy atom. The molecule has 11 heteroatoms. The summed E-state index contributed by atoms with van der Waals surface area (Å²) in [7, 11) is 1.11. The molecule has 2 aromatic heterocycles. The molecule has 0 radical (unpaired) electrons. The topological polar surface area (TPSA) is 106 Å². The third-order valence-electron chi connectivity index (χ3n) is 4.20. The Kier molecular flexibility index (Phi) is 5.45. The molecule has 156 valence electrons. The summed E-state index contributed by atoms with van der Waals surface area (Å²) in [5.41, 5.74) is -2.74. The van der Waals surface area contributed by atoms with Gasteiger partial charge >= 0.3 is 12.1 Å². The van der Waals surface area contributed by atoms with E-state index in [1.807, 2.05) is 0 Å². The second-order valence-corrected chi connectivity index (χ2v) is 6.18. The fourth-order valence-corrected chi connectivity index (χ4v) is 2.77. The molecule has 3 rings (SSSR count). The van der Waals surface area contributed by atoms with Gasteiger partial charge in [-0.15, -0.1) is 0 Å². The summed E-state index contributed by atoms with van der Waals surface area (Å²) in [4.78, 5) is 38.3. The summed E-state index contributed by atoms with van der Waals surface area (Å²) in [6.07, 6.45) is -3.09. The van der Waals surface area contributed by atoms with Crippen molar-refractivity contribution in [1.82, 2.24) is 14.8 Å². The number of methoxy groups -OCH3 is 1. The highest BCUT2D eigenvalue weighted by Gasteiger charge is 2.41. The van der Waals surface area contributed by atoms with Crippen molar-refractivity contribution in [3.8, 4) is 5.69 Å². The monoisotopic (exact) mass is 420 g/mol. The number of rotatable bonds is 4. The smallest absolute Gasteiger partial charge is 0.434 e. The number of ether oxygens (including phenoxy) is 1. The molecule has 0 saturated carbocycles. The Morgan fingerprint density at radius 3 is 2.57 bits per heavy atom. The third-order valence-corrected chi connectivity index (χ3v) is 4.20. The first-order valence-electron chi connectivity index (χ1n) is 8.47. The maximum Gasteiger partial charge on any atom is 0.434 e. The zero-order valence-electron chi connectivity index (χ0n) is 15.7. The summed E-state index contributed by atoms with van der Waals surface area (Å²) < 4.78 is 46.5. The predicted octanol–water partition coefficient (Wildman–Crippen LogP) is 2.93. The molecule has 0 atom stereocenters. The van der Waals surface area contributed by atoms with Gasteiger partial charge in [0.25, 0.3) is 11.5 Å². The largest absolute Gasteiger partial charge is 0.465 e. The summed E-state index contributed by atoms with van der Waals surface area (Å²) in [5.74, 6) is -2.01. The van der Waals surface area contributed by atoms with Gasteiger partial charge < -0.3 is 15.0 Å². The van der Waals surface area contributed by atoms with Gasteiger partial charge in [0.1, 0.15) is 5.69 Å². The highest BCUT2D eigenvalue weighted by Crippen LogP contribution is 2.34. The number of esters is 1. The first-order valence-corrected chi connectivity index (χ1v) is 8.47. The molecule has 8 nitrogen and oxygen atoms in total. The summed E-state index contributed by atoms with van der Waals surface area (Å²) in [6, 6.07) is 7.24. The van der Waals surface area contributed by atoms with Gasteiger partial charge in [0.2, 0.25) is 0 Å². The Labute approximate surface area is 167 Å². The van der Waals surface area contributed by atoms with Gasteiger partial charge in [-0.25, -0.2) is 9.48 Å². The molecule has 0 bridgehead atoms. The van der Waals surface area contributed by atoms with Crippen LogP contribution >= 0.6 is 0 Å². The van der Waals surface area contributed by atoms with Crippen molar-refractivity contribution in [1.29, 1.82) is 0 Å². The lowest BCUT2D eigenvalue weighted by Gasteiger charge is -2.14. The number of aromatic nitrogens is 3. The number of aromatic amines is 1. The van der Waals surface area contributed by atoms with Crippen LogP contribution in [-0.4, -0.2) is 33.8 Å². The Balaban J connectivity index is 2.05. The van der Waals surface area contributed by atoms with Crippen molar-refractivity contribution in [2.45, 2.75) is 13.1 Å². The fraction of sp³-hybridized carbons (Fsp3) is 0.158. The van der Waals surface area contributed by atoms with Gasteiger partial charge in [0.15, 0.2) is 5.69 Å². The Morgan fingerprint density at radius 2 is 1.93 bits per heavy atom. The average molecular weight is 420 g/mol. The van der Waals surface area contributed by atoms with E-state index in [1.54, 1.807) is 25.1 Å². The maximum atomic E-state index is 13.8. The highest BCUT2D eigenvalue weighted by atomic mass is 19.4. The number of amides is 1. The number of anilines is 1. The molecule has 0 saturated heterocycles. The van der Waals surface area contributed by atoms with E-state index in [4.69, 9.17) is 0 Å². The highest BCUT2D eigenvalue weighted by molar-refractivity contribution is 6.05. The molecule has 0 aliphatic carbocycles. The number of carbonyl (C=O) groups excluding carboxylic acids is 2. The van der Waals surface area contributed by atoms with Crippen molar-refractivity contribution in [3.63, 3.8) is 0 Å². The van der Waals surface area contributed by atoms with Crippen LogP contribution < -0.4 is 10.9 Å². The van der Waals surface area contributed by atoms with Crippen LogP contribution in [0.2, 0.25) is 0 Å². The number of aryl methyl sites for hydroxylation is 1. The molecule has 0 spiro atoms. The second-order valence-electron chi connectivity index (χ2n) is 6.18. The van der Waals surface area contributed by atoms with E-state index in [0.717, 1.165) is 25.6 Å². The molecular formula is C19H15F3N4O4. The molecule has 1 amide bonds. The zero-order chi connectivity index (χ0) is 22.1. The average Bonchev–Trinajstić information content (AvgIpc) is 3.15. The quantitative estimate of drug-likeness (QED) is 0.632. The van der Waals surface area contributed by atoms with E-state index in [9.17, 15) is 27.6 Å². The van der Waals surface area contributed by atoms with Crippen LogP contribution in [0, 0.1) is 6.92 Å². The number of pyridine rings is 1. The maximum absolute atomic E-state index is 13.8. The molecule has 0 unspecified atom stereocenters. The number of carbonyl (C=O) groups is 2. The molecule has 1 aromatic carbocycles. The summed E-state index contributed by atoms with van der Waals surface area (Å²) in [5, 5.41) is 5.83. The van der Waals surface area contributed by atoms with Crippen LogP contribution in [0.4, 0.5) is 18.9 Å². The van der Waals surface area contributed by atoms with Crippen LogP contribution in [0.5, 0.6) is 0 Å². The van der Waals surface area contributed by atoms with Gasteiger partial charge in [-0.1, -0.05) is 18.2 Å². The van der Waals surface area contributed by atoms with Crippen LogP contribution in [0.25, 0.3) is 5.69 Å². The van der Waals surface area contributed by atoms with E-state index in [1.165, 1.54) is 6.07 Å². The minimum atomic E-state index is -4.91. The molecule has 0 fully saturated rings. The minimum Gasteiger partial charge on any atom is -0.465 e. The number of H-pyrrole nitrogens is 1. The van der Waals surface area contributed by atoms with E-state index >= 15 is 0 Å². The molecule has 2 heterocycles. The van der Waals surface area contributed by atoms with Gasteiger partial charge in [0.05, 0.1) is 30.1 Å². The van der Waals surface area contributed by atoms with Crippen molar-refractivity contribution in [3.05, 3.63) is 75.5 Å². The van der Waals surface area contributed by atoms with Crippen LogP contribution in [0.15, 0.2) is 47.5 Å². The fourth-order valence-electron chi connectivity index (χ4n) is 2.77. The molecule has 0 aliphatic heterocycles. The Hall–Kier alpha value is -3.89. The van der Waals surface area contributed by atoms with Gasteiger partial charge in [-0.05, 0) is 24.6 Å². The lowest BCUT2D eigenvalue weighted by atomic mass is 10.1. The molecule has 3 aromatic rings. The first-order chi connectivity index (χ1) is 14.1. The number of nitrogens with one attached hydrogen (secondary N) is 2. The first kappa shape index (κ1) is 20.8. The standard InChI is InChI=1S/C19H15F3N4O4/c1-10-5-3-4-6-14(10)26-15(19(20,21)22)12(9-24-26)16(27)25-13-7-11(18(29)30-2)8-23-17(13)28/h3-9H,1-2H3,(H,23,28)(H,25,27). The number of hydrogen-bond donors (Lipinski definition) is 2. The van der Waals surface area contributed by atoms with Gasteiger partial charge in [-0.2, -0.15) is 18.3 Å². The molecule has 0 aliphatic rings. The Bertz CT molecular complexity index is 1180. The number of alkyl halides is 3. The van der Waals surface area contributed by atoms with Crippen LogP contribution in [0.3, 0.4) is 0 Å². The molecule has 2 N–H and O–H groups in total. The number of para-hydroxylation sites is 1. The lowest BCUT2D eigenvalue weighted by Crippen LogP contribution is -2.24. The minimum absolute atomic E-state index is 0.0981. The summed E-state index contributed by atoms with van der Waals surface area (Å²) in [6.45, 7) is 1.61. The SMILES string of the molecule is COC(=O)c1c[nH]c(=O)c(NC(=O)c2cnn(-c3ccccc3C)c2C(F)(F)F)c1. The number of benzene rings is 1. The van der Waals surface area contributed by atoms with Gasteiger partial charge in [-0.3, -0.25) is 9.59 Å². The van der Waals surface area contributed by atoms with E-state index in [0.29, 0.717) is 10.2 Å². The molecule has 30 heavy (non-hydrogen) atoms. The number of nitrogens with zero attached hydrogens (tertiary/aromatic N) is 2. The molecular weight excluding hydrogens is 405 g/mol. The van der Waals surface area contributed by atoms with E-state index < -0.39 is 40.6 Å². The zero-order valence-corrected chi connectivity index (χ0v) is 15.7. The van der Waals surface area contributed by atoms with Gasteiger partial charge in [0, 0.05) is 6.20 Å². The normalized spacial score (nSPS) is 11.2. The second kappa shape index (κ2) is 7.85. The number of hydrogen-bond acceptors (Lipinski definition) is 5. The predicted molar refractivity (Wildman–Crippen MR) is 99.7 cm³/mol. The van der Waals surface area contributed by atoms with Crippen LogP contribution in [0.1, 0.15) is 32.0 Å². The third kappa shape index (κ3) is 3.95. The lowest BCUT2D eigenvalue weighted by molar-refractivity contribution is -0.143. The van der Waals surface area contributed by atoms with E-state index in [-0.39, 0.29) is 11.3 Å². The van der Waals surface area contributed by atoms with Crippen molar-refractivity contribution < 1.29 is 27.5 Å².